The van der Waals surface area contributed by atoms with E-state index < -0.39 is 0 Å². The molecule has 0 unspecified atom stereocenters. The van der Waals surface area contributed by atoms with Crippen LogP contribution < -0.4 is 5.32 Å². The number of nitrogens with zero attached hydrogens (tertiary/aromatic N) is 4. The third kappa shape index (κ3) is 5.79. The SMILES string of the molecule is CCCCCC[C@@H](C)NC(=O)CSc1nnc(-c2cccnc2)n1C1CC1. The van der Waals surface area contributed by atoms with Gasteiger partial charge in [-0.05, 0) is 38.3 Å². The minimum absolute atomic E-state index is 0.0660. The molecule has 0 aliphatic heterocycles. The average molecular weight is 388 g/mol. The number of amides is 1. The van der Waals surface area contributed by atoms with Gasteiger partial charge in [-0.1, -0.05) is 44.4 Å². The lowest BCUT2D eigenvalue weighted by atomic mass is 10.1. The zero-order valence-electron chi connectivity index (χ0n) is 16.2. The fraction of sp³-hybridized carbons (Fsp3) is 0.600. The number of hydrogen-bond donors (Lipinski definition) is 1. The molecule has 3 rings (SSSR count). The van der Waals surface area contributed by atoms with E-state index >= 15 is 0 Å². The summed E-state index contributed by atoms with van der Waals surface area (Å²) >= 11 is 1.47. The van der Waals surface area contributed by atoms with Gasteiger partial charge in [0.2, 0.25) is 5.91 Å². The van der Waals surface area contributed by atoms with Gasteiger partial charge in [-0.3, -0.25) is 14.3 Å². The average Bonchev–Trinajstić information content (AvgIpc) is 3.43. The van der Waals surface area contributed by atoms with E-state index in [1.807, 2.05) is 18.3 Å². The molecular weight excluding hydrogens is 358 g/mol. The van der Waals surface area contributed by atoms with E-state index in [-0.39, 0.29) is 11.9 Å². The summed E-state index contributed by atoms with van der Waals surface area (Å²) in [5.41, 5.74) is 0.967. The van der Waals surface area contributed by atoms with Crippen molar-refractivity contribution in [3.05, 3.63) is 24.5 Å². The van der Waals surface area contributed by atoms with Crippen molar-refractivity contribution in [3.63, 3.8) is 0 Å². The van der Waals surface area contributed by atoms with E-state index in [4.69, 9.17) is 0 Å². The highest BCUT2D eigenvalue weighted by Crippen LogP contribution is 2.40. The van der Waals surface area contributed by atoms with E-state index in [9.17, 15) is 4.79 Å². The van der Waals surface area contributed by atoms with Gasteiger partial charge in [0.15, 0.2) is 11.0 Å². The zero-order chi connectivity index (χ0) is 19.1. The summed E-state index contributed by atoms with van der Waals surface area (Å²) in [6.45, 7) is 4.30. The van der Waals surface area contributed by atoms with Gasteiger partial charge in [0, 0.05) is 30.0 Å². The summed E-state index contributed by atoms with van der Waals surface area (Å²) in [7, 11) is 0. The normalized spacial score (nSPS) is 14.9. The Balaban J connectivity index is 1.54. The second-order valence-electron chi connectivity index (χ2n) is 7.26. The van der Waals surface area contributed by atoms with E-state index in [1.165, 1.54) is 37.4 Å². The van der Waals surface area contributed by atoms with Crippen molar-refractivity contribution in [1.82, 2.24) is 25.1 Å². The van der Waals surface area contributed by atoms with Crippen molar-refractivity contribution in [1.29, 1.82) is 0 Å². The summed E-state index contributed by atoms with van der Waals surface area (Å²) in [4.78, 5) is 16.5. The molecule has 0 radical (unpaired) electrons. The second-order valence-corrected chi connectivity index (χ2v) is 8.20. The minimum atomic E-state index is 0.0660. The van der Waals surface area contributed by atoms with Crippen molar-refractivity contribution in [2.45, 2.75) is 76.0 Å². The molecule has 27 heavy (non-hydrogen) atoms. The van der Waals surface area contributed by atoms with Crippen LogP contribution in [-0.4, -0.2) is 37.5 Å². The van der Waals surface area contributed by atoms with Crippen LogP contribution in [0.4, 0.5) is 0 Å². The molecule has 2 aromatic rings. The molecule has 1 atom stereocenters. The molecule has 0 spiro atoms. The predicted octanol–water partition coefficient (Wildman–Crippen LogP) is 4.24. The van der Waals surface area contributed by atoms with Crippen LogP contribution in [-0.2, 0) is 4.79 Å². The highest BCUT2D eigenvalue weighted by Gasteiger charge is 2.30. The van der Waals surface area contributed by atoms with Crippen LogP contribution in [0.2, 0.25) is 0 Å². The molecule has 2 heterocycles. The van der Waals surface area contributed by atoms with Crippen LogP contribution in [0, 0.1) is 0 Å². The molecule has 0 aromatic carbocycles. The Morgan fingerprint density at radius 3 is 2.89 bits per heavy atom. The molecule has 6 nitrogen and oxygen atoms in total. The van der Waals surface area contributed by atoms with E-state index in [0.717, 1.165) is 35.8 Å². The van der Waals surface area contributed by atoms with Crippen LogP contribution in [0.15, 0.2) is 29.7 Å². The van der Waals surface area contributed by atoms with E-state index in [2.05, 4.69) is 38.9 Å². The number of nitrogens with one attached hydrogen (secondary N) is 1. The molecule has 1 saturated carbocycles. The maximum Gasteiger partial charge on any atom is 0.230 e. The lowest BCUT2D eigenvalue weighted by molar-refractivity contribution is -0.119. The van der Waals surface area contributed by atoms with Crippen LogP contribution in [0.3, 0.4) is 0 Å². The van der Waals surface area contributed by atoms with Crippen LogP contribution >= 0.6 is 11.8 Å². The summed E-state index contributed by atoms with van der Waals surface area (Å²) < 4.78 is 2.17. The number of carbonyl (C=O) groups is 1. The lowest BCUT2D eigenvalue weighted by Gasteiger charge is -2.14. The Hall–Kier alpha value is -1.89. The van der Waals surface area contributed by atoms with Crippen molar-refractivity contribution < 1.29 is 4.79 Å². The monoisotopic (exact) mass is 387 g/mol. The summed E-state index contributed by atoms with van der Waals surface area (Å²) in [6, 6.07) is 4.57. The first-order chi connectivity index (χ1) is 13.2. The van der Waals surface area contributed by atoms with Gasteiger partial charge in [-0.15, -0.1) is 10.2 Å². The highest BCUT2D eigenvalue weighted by atomic mass is 32.2. The quantitative estimate of drug-likeness (QED) is 0.461. The Labute approximate surface area is 165 Å². The second kappa shape index (κ2) is 9.88. The van der Waals surface area contributed by atoms with Crippen molar-refractivity contribution in [2.75, 3.05) is 5.75 Å². The Morgan fingerprint density at radius 2 is 2.19 bits per heavy atom. The molecule has 1 fully saturated rings. The predicted molar refractivity (Wildman–Crippen MR) is 109 cm³/mol. The van der Waals surface area contributed by atoms with Gasteiger partial charge in [0.1, 0.15) is 0 Å². The largest absolute Gasteiger partial charge is 0.353 e. The van der Waals surface area contributed by atoms with Crippen molar-refractivity contribution in [3.8, 4) is 11.4 Å². The molecule has 1 aliphatic rings. The minimum Gasteiger partial charge on any atom is -0.353 e. The van der Waals surface area contributed by atoms with Gasteiger partial charge in [0.25, 0.3) is 0 Å². The molecule has 7 heteroatoms. The number of carbonyl (C=O) groups excluding carboxylic acids is 1. The Morgan fingerprint density at radius 1 is 1.33 bits per heavy atom. The maximum atomic E-state index is 12.3. The highest BCUT2D eigenvalue weighted by molar-refractivity contribution is 7.99. The topological polar surface area (TPSA) is 72.7 Å². The fourth-order valence-electron chi connectivity index (χ4n) is 3.13. The summed E-state index contributed by atoms with van der Waals surface area (Å²) in [5, 5.41) is 12.6. The van der Waals surface area contributed by atoms with Crippen LogP contribution in [0.25, 0.3) is 11.4 Å². The molecule has 0 bridgehead atoms. The molecule has 2 aromatic heterocycles. The zero-order valence-corrected chi connectivity index (χ0v) is 17.0. The third-order valence-electron chi connectivity index (χ3n) is 4.73. The molecule has 1 N–H and O–H groups in total. The van der Waals surface area contributed by atoms with Crippen LogP contribution in [0.5, 0.6) is 0 Å². The first-order valence-electron chi connectivity index (χ1n) is 9.96. The summed E-state index contributed by atoms with van der Waals surface area (Å²) in [5.74, 6) is 1.28. The van der Waals surface area contributed by atoms with Crippen molar-refractivity contribution >= 4 is 17.7 Å². The molecule has 0 saturated heterocycles. The van der Waals surface area contributed by atoms with Crippen LogP contribution in [0.1, 0.15) is 64.8 Å². The third-order valence-corrected chi connectivity index (χ3v) is 5.67. The van der Waals surface area contributed by atoms with Gasteiger partial charge < -0.3 is 5.32 Å². The van der Waals surface area contributed by atoms with E-state index in [1.54, 1.807) is 6.20 Å². The first-order valence-corrected chi connectivity index (χ1v) is 10.9. The van der Waals surface area contributed by atoms with E-state index in [0.29, 0.717) is 11.8 Å². The maximum absolute atomic E-state index is 12.3. The molecule has 146 valence electrons. The fourth-order valence-corrected chi connectivity index (χ4v) is 3.94. The van der Waals surface area contributed by atoms with Crippen molar-refractivity contribution in [2.24, 2.45) is 0 Å². The number of unbranched alkanes of at least 4 members (excludes halogenated alkanes) is 3. The molecular formula is C20H29N5OS. The number of aromatic nitrogens is 4. The Kier molecular flexibility index (Phi) is 7.26. The standard InChI is InChI=1S/C20H29N5OS/c1-3-4-5-6-8-15(2)22-18(26)14-27-20-24-23-19(25(20)17-10-11-17)16-9-7-12-21-13-16/h7,9,12-13,15,17H,3-6,8,10-11,14H2,1-2H3,(H,22,26)/t15-/m1/s1. The number of thioether (sulfide) groups is 1. The lowest BCUT2D eigenvalue weighted by Crippen LogP contribution is -2.33. The number of pyridine rings is 1. The first kappa shape index (κ1) is 19.9. The number of rotatable bonds is 11. The van der Waals surface area contributed by atoms with Gasteiger partial charge in [0.05, 0.1) is 5.75 Å². The van der Waals surface area contributed by atoms with Gasteiger partial charge >= 0.3 is 0 Å². The summed E-state index contributed by atoms with van der Waals surface area (Å²) in [6.07, 6.45) is 11.8. The molecule has 1 amide bonds. The van der Waals surface area contributed by atoms with Gasteiger partial charge in [-0.2, -0.15) is 0 Å². The molecule has 1 aliphatic carbocycles. The Bertz CT molecular complexity index is 729. The van der Waals surface area contributed by atoms with Gasteiger partial charge in [-0.25, -0.2) is 0 Å². The number of hydrogen-bond acceptors (Lipinski definition) is 5. The smallest absolute Gasteiger partial charge is 0.230 e.